The zero-order valence-electron chi connectivity index (χ0n) is 6.13. The second-order valence-corrected chi connectivity index (χ2v) is 2.45. The normalized spacial score (nSPS) is 14.4. The standard InChI is InChI=1S/C7H8FN3/c1-5-7(8)11-6(10-5)3-2-4-9-11/h2-3,9H,4H2,1H3. The Bertz CT molecular complexity index is 314. The fraction of sp³-hybridized carbons (Fsp3) is 0.286. The molecule has 11 heavy (non-hydrogen) atoms. The molecule has 3 nitrogen and oxygen atoms in total. The van der Waals surface area contributed by atoms with Crippen molar-refractivity contribution in [2.45, 2.75) is 6.92 Å². The number of nitrogens with zero attached hydrogens (tertiary/aromatic N) is 2. The van der Waals surface area contributed by atoms with Crippen LogP contribution in [0, 0.1) is 12.9 Å². The molecule has 0 bridgehead atoms. The lowest BCUT2D eigenvalue weighted by Gasteiger charge is -2.10. The molecule has 1 aromatic rings. The lowest BCUT2D eigenvalue weighted by Crippen LogP contribution is -2.20. The average Bonchev–Trinajstić information content (AvgIpc) is 2.30. The molecule has 0 radical (unpaired) electrons. The van der Waals surface area contributed by atoms with Crippen LogP contribution in [0.5, 0.6) is 0 Å². The molecule has 0 atom stereocenters. The minimum Gasteiger partial charge on any atom is -0.318 e. The number of nitrogens with one attached hydrogen (secondary N) is 1. The molecule has 0 aromatic carbocycles. The highest BCUT2D eigenvalue weighted by atomic mass is 19.1. The Morgan fingerprint density at radius 1 is 1.73 bits per heavy atom. The van der Waals surface area contributed by atoms with Gasteiger partial charge < -0.3 is 5.43 Å². The van der Waals surface area contributed by atoms with E-state index in [-0.39, 0.29) is 5.95 Å². The van der Waals surface area contributed by atoms with Crippen molar-refractivity contribution in [1.29, 1.82) is 0 Å². The monoisotopic (exact) mass is 153 g/mol. The van der Waals surface area contributed by atoms with Gasteiger partial charge in [-0.05, 0) is 13.0 Å². The first-order valence-electron chi connectivity index (χ1n) is 3.44. The number of aryl methyl sites for hydroxylation is 1. The van der Waals surface area contributed by atoms with E-state index in [1.165, 1.54) is 4.68 Å². The van der Waals surface area contributed by atoms with Crippen LogP contribution in [-0.4, -0.2) is 16.2 Å². The van der Waals surface area contributed by atoms with Crippen molar-refractivity contribution in [2.75, 3.05) is 12.0 Å². The van der Waals surface area contributed by atoms with Gasteiger partial charge in [-0.25, -0.2) is 9.66 Å². The van der Waals surface area contributed by atoms with Gasteiger partial charge in [0.05, 0.1) is 12.2 Å². The minimum atomic E-state index is -0.302. The molecule has 1 N–H and O–H groups in total. The summed E-state index contributed by atoms with van der Waals surface area (Å²) in [5.41, 5.74) is 3.27. The number of aromatic nitrogens is 2. The molecule has 1 aromatic heterocycles. The van der Waals surface area contributed by atoms with Crippen molar-refractivity contribution in [1.82, 2.24) is 9.66 Å². The maximum Gasteiger partial charge on any atom is 0.235 e. The van der Waals surface area contributed by atoms with Crippen LogP contribution in [0.25, 0.3) is 6.08 Å². The van der Waals surface area contributed by atoms with E-state index in [0.717, 1.165) is 0 Å². The summed E-state index contributed by atoms with van der Waals surface area (Å²) in [6, 6.07) is 0. The van der Waals surface area contributed by atoms with E-state index >= 15 is 0 Å². The summed E-state index contributed by atoms with van der Waals surface area (Å²) in [6.45, 7) is 2.30. The van der Waals surface area contributed by atoms with Crippen molar-refractivity contribution in [3.63, 3.8) is 0 Å². The molecule has 0 saturated heterocycles. The summed E-state index contributed by atoms with van der Waals surface area (Å²) >= 11 is 0. The Morgan fingerprint density at radius 3 is 3.27 bits per heavy atom. The van der Waals surface area contributed by atoms with Crippen LogP contribution in [-0.2, 0) is 0 Å². The third kappa shape index (κ3) is 0.824. The maximum atomic E-state index is 13.0. The van der Waals surface area contributed by atoms with E-state index in [9.17, 15) is 4.39 Å². The highest BCUT2D eigenvalue weighted by Crippen LogP contribution is 2.10. The molecule has 0 fully saturated rings. The molecular formula is C7H8FN3. The second kappa shape index (κ2) is 2.08. The predicted octanol–water partition coefficient (Wildman–Crippen LogP) is 0.901. The fourth-order valence-electron chi connectivity index (χ4n) is 1.10. The number of imidazole rings is 1. The quantitative estimate of drug-likeness (QED) is 0.600. The first-order chi connectivity index (χ1) is 5.29. The van der Waals surface area contributed by atoms with E-state index < -0.39 is 0 Å². The van der Waals surface area contributed by atoms with Crippen LogP contribution in [0.4, 0.5) is 4.39 Å². The van der Waals surface area contributed by atoms with Crippen LogP contribution >= 0.6 is 0 Å². The minimum absolute atomic E-state index is 0.302. The van der Waals surface area contributed by atoms with E-state index in [4.69, 9.17) is 0 Å². The van der Waals surface area contributed by atoms with Gasteiger partial charge in [0.1, 0.15) is 0 Å². The molecule has 2 rings (SSSR count). The number of rotatable bonds is 0. The van der Waals surface area contributed by atoms with Gasteiger partial charge in [-0.1, -0.05) is 6.08 Å². The Hall–Kier alpha value is -1.32. The molecule has 0 unspecified atom stereocenters. The van der Waals surface area contributed by atoms with E-state index in [0.29, 0.717) is 18.1 Å². The molecule has 0 aliphatic carbocycles. The number of halogens is 1. The fourth-order valence-corrected chi connectivity index (χ4v) is 1.10. The van der Waals surface area contributed by atoms with Crippen LogP contribution in [0.2, 0.25) is 0 Å². The van der Waals surface area contributed by atoms with E-state index in [2.05, 4.69) is 10.4 Å². The highest BCUT2D eigenvalue weighted by molar-refractivity contribution is 5.44. The molecule has 1 aliphatic heterocycles. The SMILES string of the molecule is Cc1nc2n(c1F)NCC=C2. The zero-order valence-corrected chi connectivity index (χ0v) is 6.13. The van der Waals surface area contributed by atoms with Gasteiger partial charge in [-0.15, -0.1) is 0 Å². The van der Waals surface area contributed by atoms with E-state index in [1.807, 2.05) is 6.08 Å². The van der Waals surface area contributed by atoms with Crippen molar-refractivity contribution < 1.29 is 4.39 Å². The summed E-state index contributed by atoms with van der Waals surface area (Å²) in [5, 5.41) is 0. The first kappa shape index (κ1) is 6.39. The predicted molar refractivity (Wildman–Crippen MR) is 40.2 cm³/mol. The Kier molecular flexibility index (Phi) is 1.21. The Labute approximate surface area is 63.5 Å². The summed E-state index contributed by atoms with van der Waals surface area (Å²) < 4.78 is 14.4. The van der Waals surface area contributed by atoms with Gasteiger partial charge >= 0.3 is 0 Å². The molecule has 1 aliphatic rings. The van der Waals surface area contributed by atoms with Crippen LogP contribution in [0.15, 0.2) is 6.08 Å². The number of fused-ring (bicyclic) bond motifs is 1. The molecule has 2 heterocycles. The first-order valence-corrected chi connectivity index (χ1v) is 3.44. The van der Waals surface area contributed by atoms with Gasteiger partial charge in [0.15, 0.2) is 5.82 Å². The van der Waals surface area contributed by atoms with Crippen LogP contribution < -0.4 is 5.43 Å². The van der Waals surface area contributed by atoms with Gasteiger partial charge in [-0.2, -0.15) is 4.39 Å². The largest absolute Gasteiger partial charge is 0.318 e. The topological polar surface area (TPSA) is 29.9 Å². The van der Waals surface area contributed by atoms with Crippen molar-refractivity contribution in [3.8, 4) is 0 Å². The smallest absolute Gasteiger partial charge is 0.235 e. The summed E-state index contributed by atoms with van der Waals surface area (Å²) in [5.74, 6) is 0.329. The van der Waals surface area contributed by atoms with Crippen molar-refractivity contribution in [3.05, 3.63) is 23.5 Å². The third-order valence-corrected chi connectivity index (χ3v) is 1.64. The van der Waals surface area contributed by atoms with Gasteiger partial charge in [0.2, 0.25) is 5.95 Å². The number of hydrogen-bond acceptors (Lipinski definition) is 2. The Morgan fingerprint density at radius 2 is 2.55 bits per heavy atom. The molecule has 0 saturated carbocycles. The molecular weight excluding hydrogens is 145 g/mol. The van der Waals surface area contributed by atoms with Crippen LogP contribution in [0.1, 0.15) is 11.5 Å². The molecule has 4 heteroatoms. The van der Waals surface area contributed by atoms with Gasteiger partial charge in [0.25, 0.3) is 0 Å². The maximum absolute atomic E-state index is 13.0. The second-order valence-electron chi connectivity index (χ2n) is 2.45. The average molecular weight is 153 g/mol. The van der Waals surface area contributed by atoms with Crippen LogP contribution in [0.3, 0.4) is 0 Å². The molecule has 58 valence electrons. The molecule has 0 spiro atoms. The highest BCUT2D eigenvalue weighted by Gasteiger charge is 2.12. The Balaban J connectivity index is 2.61. The van der Waals surface area contributed by atoms with Gasteiger partial charge in [0, 0.05) is 0 Å². The summed E-state index contributed by atoms with van der Waals surface area (Å²) in [4.78, 5) is 3.99. The third-order valence-electron chi connectivity index (χ3n) is 1.64. The zero-order chi connectivity index (χ0) is 7.84. The summed E-state index contributed by atoms with van der Waals surface area (Å²) in [6.07, 6.45) is 3.70. The lowest BCUT2D eigenvalue weighted by atomic mass is 10.4. The lowest BCUT2D eigenvalue weighted by molar-refractivity contribution is 0.527. The van der Waals surface area contributed by atoms with Crippen molar-refractivity contribution in [2.24, 2.45) is 0 Å². The number of hydrogen-bond donors (Lipinski definition) is 1. The van der Waals surface area contributed by atoms with E-state index in [1.54, 1.807) is 13.0 Å². The van der Waals surface area contributed by atoms with Crippen molar-refractivity contribution >= 4 is 6.08 Å². The summed E-state index contributed by atoms with van der Waals surface area (Å²) in [7, 11) is 0. The molecule has 0 amide bonds. The van der Waals surface area contributed by atoms with Gasteiger partial charge in [-0.3, -0.25) is 0 Å².